The number of hydrogen-bond donors (Lipinski definition) is 3. The van der Waals surface area contributed by atoms with Gasteiger partial charge in [-0.3, -0.25) is 4.99 Å². The molecule has 6 heteroatoms. The Morgan fingerprint density at radius 2 is 1.92 bits per heavy atom. The molecular weight excluding hydrogens is 425 g/mol. The largest absolute Gasteiger partial charge is 0.356 e. The Balaban J connectivity index is 0.00000312. The van der Waals surface area contributed by atoms with E-state index in [0.29, 0.717) is 6.54 Å². The molecule has 0 fully saturated rings. The maximum absolute atomic E-state index is 4.43. The number of halogens is 1. The fraction of sp³-hybridized carbons (Fsp3) is 0.474. The van der Waals surface area contributed by atoms with Crippen molar-refractivity contribution in [1.82, 2.24) is 20.6 Å². The summed E-state index contributed by atoms with van der Waals surface area (Å²) >= 11 is 0. The molecular formula is C19H30IN5. The predicted octanol–water partition coefficient (Wildman–Crippen LogP) is 4.19. The first-order valence-corrected chi connectivity index (χ1v) is 8.73. The van der Waals surface area contributed by atoms with Gasteiger partial charge in [0.05, 0.1) is 18.4 Å². The number of aliphatic imine (C=N–C) groups is 1. The molecule has 2 rings (SSSR count). The number of nitrogens with zero attached hydrogens (tertiary/aromatic N) is 2. The number of aromatic nitrogens is 2. The Morgan fingerprint density at radius 3 is 2.60 bits per heavy atom. The van der Waals surface area contributed by atoms with Crippen molar-refractivity contribution in [3.63, 3.8) is 0 Å². The van der Waals surface area contributed by atoms with E-state index in [2.05, 4.69) is 51.6 Å². The van der Waals surface area contributed by atoms with E-state index in [-0.39, 0.29) is 24.0 Å². The summed E-state index contributed by atoms with van der Waals surface area (Å²) in [6.07, 6.45) is 5.56. The van der Waals surface area contributed by atoms with Gasteiger partial charge < -0.3 is 15.6 Å². The van der Waals surface area contributed by atoms with Gasteiger partial charge in [-0.2, -0.15) is 0 Å². The van der Waals surface area contributed by atoms with Crippen molar-refractivity contribution in [1.29, 1.82) is 0 Å². The maximum atomic E-state index is 4.43. The lowest BCUT2D eigenvalue weighted by Gasteiger charge is -2.11. The van der Waals surface area contributed by atoms with Gasteiger partial charge in [0.25, 0.3) is 0 Å². The van der Waals surface area contributed by atoms with Crippen LogP contribution in [0.1, 0.15) is 38.9 Å². The minimum absolute atomic E-state index is 0. The summed E-state index contributed by atoms with van der Waals surface area (Å²) in [7, 11) is 1.79. The summed E-state index contributed by atoms with van der Waals surface area (Å²) in [4.78, 5) is 12.0. The van der Waals surface area contributed by atoms with Crippen molar-refractivity contribution < 1.29 is 0 Å². The molecule has 1 heterocycles. The number of guanidine groups is 1. The third-order valence-electron chi connectivity index (χ3n) is 3.86. The molecule has 138 valence electrons. The summed E-state index contributed by atoms with van der Waals surface area (Å²) in [5, 5.41) is 6.64. The van der Waals surface area contributed by atoms with Crippen LogP contribution in [0.4, 0.5) is 0 Å². The van der Waals surface area contributed by atoms with E-state index in [1.165, 1.54) is 12.8 Å². The van der Waals surface area contributed by atoms with Gasteiger partial charge in [0.15, 0.2) is 5.96 Å². The van der Waals surface area contributed by atoms with Gasteiger partial charge in [-0.05, 0) is 17.9 Å². The van der Waals surface area contributed by atoms with Crippen LogP contribution in [0, 0.1) is 5.92 Å². The second-order valence-corrected chi connectivity index (χ2v) is 6.35. The smallest absolute Gasteiger partial charge is 0.191 e. The minimum Gasteiger partial charge on any atom is -0.356 e. The van der Waals surface area contributed by atoms with Crippen LogP contribution >= 0.6 is 24.0 Å². The number of H-pyrrole nitrogens is 1. The zero-order valence-electron chi connectivity index (χ0n) is 15.4. The van der Waals surface area contributed by atoms with E-state index in [1.807, 2.05) is 24.4 Å². The molecule has 0 aliphatic carbocycles. The van der Waals surface area contributed by atoms with E-state index in [0.717, 1.165) is 41.9 Å². The minimum atomic E-state index is 0. The van der Waals surface area contributed by atoms with Crippen molar-refractivity contribution in [2.45, 2.75) is 39.7 Å². The summed E-state index contributed by atoms with van der Waals surface area (Å²) < 4.78 is 0. The SMILES string of the molecule is CN=C(NCCCCC(C)C)NCc1ncc(-c2ccccc2)[nH]1.I. The standard InChI is InChI=1S/C19H29N5.HI/c1-15(2)9-7-8-12-21-19(20-3)23-14-18-22-13-17(24-18)16-10-5-4-6-11-16;/h4-6,10-11,13,15H,7-9,12,14H2,1-3H3,(H,22,24)(H2,20,21,23);1H. The highest BCUT2D eigenvalue weighted by molar-refractivity contribution is 14.0. The number of imidazole rings is 1. The Hall–Kier alpha value is -1.57. The van der Waals surface area contributed by atoms with Crippen LogP contribution in [0.3, 0.4) is 0 Å². The molecule has 0 atom stereocenters. The molecule has 0 saturated heterocycles. The quantitative estimate of drug-likeness (QED) is 0.242. The summed E-state index contributed by atoms with van der Waals surface area (Å²) in [5.74, 6) is 2.49. The fourth-order valence-corrected chi connectivity index (χ4v) is 2.49. The molecule has 0 spiro atoms. The third-order valence-corrected chi connectivity index (χ3v) is 3.86. The second-order valence-electron chi connectivity index (χ2n) is 6.35. The lowest BCUT2D eigenvalue weighted by molar-refractivity contribution is 0.534. The monoisotopic (exact) mass is 455 g/mol. The molecule has 0 unspecified atom stereocenters. The first-order valence-electron chi connectivity index (χ1n) is 8.73. The van der Waals surface area contributed by atoms with Crippen LogP contribution < -0.4 is 10.6 Å². The molecule has 0 radical (unpaired) electrons. The average Bonchev–Trinajstić information content (AvgIpc) is 3.07. The fourth-order valence-electron chi connectivity index (χ4n) is 2.49. The molecule has 0 aliphatic heterocycles. The maximum Gasteiger partial charge on any atom is 0.191 e. The number of nitrogens with one attached hydrogen (secondary N) is 3. The summed E-state index contributed by atoms with van der Waals surface area (Å²) in [6.45, 7) is 6.10. The molecule has 1 aromatic carbocycles. The van der Waals surface area contributed by atoms with Crippen molar-refractivity contribution >= 4 is 29.9 Å². The Labute approximate surface area is 168 Å². The molecule has 5 nitrogen and oxygen atoms in total. The van der Waals surface area contributed by atoms with Gasteiger partial charge in [-0.25, -0.2) is 4.98 Å². The molecule has 0 aliphatic rings. The number of aromatic amines is 1. The lowest BCUT2D eigenvalue weighted by atomic mass is 10.1. The molecule has 0 bridgehead atoms. The second kappa shape index (κ2) is 11.9. The van der Waals surface area contributed by atoms with Crippen LogP contribution in [-0.2, 0) is 6.54 Å². The van der Waals surface area contributed by atoms with Crippen molar-refractivity contribution in [3.8, 4) is 11.3 Å². The van der Waals surface area contributed by atoms with Gasteiger partial charge >= 0.3 is 0 Å². The van der Waals surface area contributed by atoms with Crippen LogP contribution in [-0.4, -0.2) is 29.5 Å². The highest BCUT2D eigenvalue weighted by Gasteiger charge is 2.04. The third kappa shape index (κ3) is 7.90. The molecule has 2 aromatic rings. The lowest BCUT2D eigenvalue weighted by Crippen LogP contribution is -2.37. The van der Waals surface area contributed by atoms with Crippen LogP contribution in [0.2, 0.25) is 0 Å². The van der Waals surface area contributed by atoms with Crippen molar-refractivity contribution in [2.75, 3.05) is 13.6 Å². The Bertz CT molecular complexity index is 622. The topological polar surface area (TPSA) is 65.1 Å². The molecule has 25 heavy (non-hydrogen) atoms. The van der Waals surface area contributed by atoms with E-state index < -0.39 is 0 Å². The van der Waals surface area contributed by atoms with Crippen molar-refractivity contribution in [2.24, 2.45) is 10.9 Å². The van der Waals surface area contributed by atoms with E-state index in [9.17, 15) is 0 Å². The molecule has 1 aromatic heterocycles. The summed E-state index contributed by atoms with van der Waals surface area (Å²) in [6, 6.07) is 10.2. The van der Waals surface area contributed by atoms with Gasteiger partial charge in [0.1, 0.15) is 5.82 Å². The van der Waals surface area contributed by atoms with Gasteiger partial charge in [0, 0.05) is 13.6 Å². The zero-order chi connectivity index (χ0) is 17.2. The highest BCUT2D eigenvalue weighted by atomic mass is 127. The Morgan fingerprint density at radius 1 is 1.16 bits per heavy atom. The van der Waals surface area contributed by atoms with Crippen LogP contribution in [0.5, 0.6) is 0 Å². The molecule has 0 saturated carbocycles. The number of unbranched alkanes of at least 4 members (excludes halogenated alkanes) is 1. The van der Waals surface area contributed by atoms with Crippen molar-refractivity contribution in [3.05, 3.63) is 42.4 Å². The number of benzene rings is 1. The first kappa shape index (κ1) is 21.5. The van der Waals surface area contributed by atoms with E-state index in [4.69, 9.17) is 0 Å². The van der Waals surface area contributed by atoms with Gasteiger partial charge in [-0.15, -0.1) is 24.0 Å². The zero-order valence-corrected chi connectivity index (χ0v) is 17.7. The number of hydrogen-bond acceptors (Lipinski definition) is 2. The van der Waals surface area contributed by atoms with Crippen LogP contribution in [0.25, 0.3) is 11.3 Å². The van der Waals surface area contributed by atoms with E-state index in [1.54, 1.807) is 7.05 Å². The van der Waals surface area contributed by atoms with Gasteiger partial charge in [-0.1, -0.05) is 57.0 Å². The van der Waals surface area contributed by atoms with E-state index >= 15 is 0 Å². The first-order chi connectivity index (χ1) is 11.7. The summed E-state index contributed by atoms with van der Waals surface area (Å²) in [5.41, 5.74) is 2.17. The number of rotatable bonds is 8. The Kier molecular flexibility index (Phi) is 10.2. The highest BCUT2D eigenvalue weighted by Crippen LogP contribution is 2.15. The predicted molar refractivity (Wildman–Crippen MR) is 116 cm³/mol. The average molecular weight is 455 g/mol. The van der Waals surface area contributed by atoms with Crippen LogP contribution in [0.15, 0.2) is 41.5 Å². The molecule has 0 amide bonds. The molecule has 3 N–H and O–H groups in total. The normalized spacial score (nSPS) is 11.3. The van der Waals surface area contributed by atoms with Gasteiger partial charge in [0.2, 0.25) is 0 Å².